The first-order valence-electron chi connectivity index (χ1n) is 10.4. The van der Waals surface area contributed by atoms with Crippen molar-refractivity contribution in [3.63, 3.8) is 0 Å². The summed E-state index contributed by atoms with van der Waals surface area (Å²) < 4.78 is 25.3. The van der Waals surface area contributed by atoms with E-state index < -0.39 is 0 Å². The Balaban J connectivity index is 1.48. The predicted molar refractivity (Wildman–Crippen MR) is 120 cm³/mol. The molecule has 3 aromatic rings. The summed E-state index contributed by atoms with van der Waals surface area (Å²) in [5.74, 6) is 0.585. The van der Waals surface area contributed by atoms with Crippen molar-refractivity contribution in [3.05, 3.63) is 60.1 Å². The van der Waals surface area contributed by atoms with E-state index in [2.05, 4.69) is 37.6 Å². The van der Waals surface area contributed by atoms with Crippen LogP contribution < -0.4 is 20.3 Å². The maximum atomic E-state index is 14.7. The summed E-state index contributed by atoms with van der Waals surface area (Å²) in [4.78, 5) is 15.6. The molecule has 1 saturated heterocycles. The van der Waals surface area contributed by atoms with Crippen LogP contribution in [0.15, 0.2) is 48.9 Å². The quantitative estimate of drug-likeness (QED) is 0.631. The molecular weight excluding hydrogens is 411 g/mol. The lowest BCUT2D eigenvalue weighted by Gasteiger charge is -2.29. The molecule has 1 aromatic carbocycles. The molecule has 9 heteroatoms. The molecule has 2 N–H and O–H groups in total. The van der Waals surface area contributed by atoms with Gasteiger partial charge in [0.05, 0.1) is 38.4 Å². The molecular formula is C23H23FN6O2. The Hall–Kier alpha value is -3.72. The van der Waals surface area contributed by atoms with Gasteiger partial charge in [0, 0.05) is 48.3 Å². The minimum atomic E-state index is -0.350. The number of pyridine rings is 1. The minimum Gasteiger partial charge on any atom is -0.480 e. The van der Waals surface area contributed by atoms with Crippen molar-refractivity contribution >= 4 is 23.0 Å². The van der Waals surface area contributed by atoms with Gasteiger partial charge < -0.3 is 25.0 Å². The molecule has 0 saturated carbocycles. The molecule has 1 fully saturated rings. The standard InChI is InChI=1S/C23H23FN6O2/c1-31-22-14-26-13-21(28-22)20-10-17-18(11-25-12-19(17)24)23(29-20)27-15-2-4-16(5-3-15)30-6-8-32-9-7-30/h2-5,10,12-14,25H,6-9,11H2,1H3,(H,27,29). The fourth-order valence-corrected chi connectivity index (χ4v) is 3.80. The molecule has 0 aliphatic carbocycles. The van der Waals surface area contributed by atoms with Gasteiger partial charge in [0.25, 0.3) is 0 Å². The number of methoxy groups -OCH3 is 1. The first-order valence-corrected chi connectivity index (χ1v) is 10.4. The number of anilines is 3. The van der Waals surface area contributed by atoms with E-state index in [1.807, 2.05) is 12.1 Å². The van der Waals surface area contributed by atoms with E-state index in [1.54, 1.807) is 12.3 Å². The Morgan fingerprint density at radius 1 is 1.09 bits per heavy atom. The van der Waals surface area contributed by atoms with Crippen LogP contribution in [0.25, 0.3) is 17.2 Å². The van der Waals surface area contributed by atoms with Gasteiger partial charge in [-0.2, -0.15) is 0 Å². The third-order valence-electron chi connectivity index (χ3n) is 5.48. The lowest BCUT2D eigenvalue weighted by molar-refractivity contribution is 0.122. The highest BCUT2D eigenvalue weighted by Gasteiger charge is 2.21. The van der Waals surface area contributed by atoms with Crippen molar-refractivity contribution in [1.29, 1.82) is 0 Å². The smallest absolute Gasteiger partial charge is 0.232 e. The number of benzene rings is 1. The number of aromatic nitrogens is 3. The topological polar surface area (TPSA) is 84.4 Å². The maximum absolute atomic E-state index is 14.7. The van der Waals surface area contributed by atoms with E-state index in [9.17, 15) is 4.39 Å². The van der Waals surface area contributed by atoms with E-state index in [4.69, 9.17) is 14.5 Å². The van der Waals surface area contributed by atoms with Crippen LogP contribution in [-0.2, 0) is 11.3 Å². The molecule has 0 bridgehead atoms. The van der Waals surface area contributed by atoms with E-state index in [-0.39, 0.29) is 5.83 Å². The molecule has 0 amide bonds. The van der Waals surface area contributed by atoms with Gasteiger partial charge in [0.15, 0.2) is 0 Å². The second kappa shape index (κ2) is 8.80. The highest BCUT2D eigenvalue weighted by molar-refractivity contribution is 5.76. The summed E-state index contributed by atoms with van der Waals surface area (Å²) in [6.07, 6.45) is 4.46. The van der Waals surface area contributed by atoms with Gasteiger partial charge in [0.1, 0.15) is 17.3 Å². The van der Waals surface area contributed by atoms with Crippen molar-refractivity contribution in [2.24, 2.45) is 0 Å². The molecule has 32 heavy (non-hydrogen) atoms. The number of nitrogens with zero attached hydrogens (tertiary/aromatic N) is 4. The van der Waals surface area contributed by atoms with E-state index in [0.717, 1.165) is 43.2 Å². The fourth-order valence-electron chi connectivity index (χ4n) is 3.80. The van der Waals surface area contributed by atoms with Crippen molar-refractivity contribution in [2.75, 3.05) is 43.6 Å². The number of hydrogen-bond acceptors (Lipinski definition) is 8. The number of fused-ring (bicyclic) bond motifs is 1. The Kier molecular flexibility index (Phi) is 5.55. The van der Waals surface area contributed by atoms with Crippen molar-refractivity contribution in [2.45, 2.75) is 6.54 Å². The fraction of sp³-hybridized carbons (Fsp3) is 0.261. The Morgan fingerprint density at radius 3 is 2.69 bits per heavy atom. The Labute approximate surface area is 185 Å². The van der Waals surface area contributed by atoms with E-state index in [1.165, 1.54) is 19.5 Å². The van der Waals surface area contributed by atoms with Crippen LogP contribution in [0.4, 0.5) is 21.6 Å². The van der Waals surface area contributed by atoms with Crippen LogP contribution in [0.1, 0.15) is 11.1 Å². The lowest BCUT2D eigenvalue weighted by Crippen LogP contribution is -2.36. The summed E-state index contributed by atoms with van der Waals surface area (Å²) in [6.45, 7) is 3.70. The summed E-state index contributed by atoms with van der Waals surface area (Å²) in [7, 11) is 1.52. The lowest BCUT2D eigenvalue weighted by atomic mass is 10.0. The summed E-state index contributed by atoms with van der Waals surface area (Å²) >= 11 is 0. The number of ether oxygens (including phenoxy) is 2. The average molecular weight is 434 g/mol. The number of rotatable bonds is 5. The maximum Gasteiger partial charge on any atom is 0.232 e. The summed E-state index contributed by atoms with van der Waals surface area (Å²) in [6, 6.07) is 9.82. The van der Waals surface area contributed by atoms with Gasteiger partial charge in [-0.05, 0) is 30.3 Å². The number of hydrogen-bond donors (Lipinski definition) is 2. The highest BCUT2D eigenvalue weighted by Crippen LogP contribution is 2.34. The number of halogens is 1. The molecule has 8 nitrogen and oxygen atoms in total. The predicted octanol–water partition coefficient (Wildman–Crippen LogP) is 3.50. The van der Waals surface area contributed by atoms with Crippen molar-refractivity contribution in [1.82, 2.24) is 20.3 Å². The summed E-state index contributed by atoms with van der Waals surface area (Å²) in [5, 5.41) is 6.32. The average Bonchev–Trinajstić information content (AvgIpc) is 2.85. The van der Waals surface area contributed by atoms with Gasteiger partial charge in [-0.25, -0.2) is 14.4 Å². The van der Waals surface area contributed by atoms with Crippen molar-refractivity contribution in [3.8, 4) is 17.3 Å². The second-order valence-electron chi connectivity index (χ2n) is 7.47. The van der Waals surface area contributed by atoms with Gasteiger partial charge in [-0.3, -0.25) is 4.98 Å². The third-order valence-corrected chi connectivity index (χ3v) is 5.48. The SMILES string of the molecule is COc1cncc(-c2cc3c(c(Nc4ccc(N5CCOCC5)cc4)n2)CNC=C3F)n1. The second-order valence-corrected chi connectivity index (χ2v) is 7.47. The molecule has 0 unspecified atom stereocenters. The molecule has 5 rings (SSSR count). The zero-order valence-electron chi connectivity index (χ0n) is 17.6. The summed E-state index contributed by atoms with van der Waals surface area (Å²) in [5.41, 5.74) is 4.25. The Morgan fingerprint density at radius 2 is 1.91 bits per heavy atom. The van der Waals surface area contributed by atoms with Crippen LogP contribution >= 0.6 is 0 Å². The first-order chi connectivity index (χ1) is 15.7. The van der Waals surface area contributed by atoms with Crippen molar-refractivity contribution < 1.29 is 13.9 Å². The van der Waals surface area contributed by atoms with Crippen LogP contribution in [-0.4, -0.2) is 48.4 Å². The zero-order valence-corrected chi connectivity index (χ0v) is 17.6. The third kappa shape index (κ3) is 4.06. The van der Waals surface area contributed by atoms with Gasteiger partial charge in [-0.1, -0.05) is 0 Å². The largest absolute Gasteiger partial charge is 0.480 e. The van der Waals surface area contributed by atoms with Crippen LogP contribution in [0.3, 0.4) is 0 Å². The molecule has 0 radical (unpaired) electrons. The molecule has 164 valence electrons. The molecule has 0 spiro atoms. The molecule has 2 aromatic heterocycles. The molecule has 4 heterocycles. The minimum absolute atomic E-state index is 0.350. The van der Waals surface area contributed by atoms with Crippen LogP contribution in [0.5, 0.6) is 5.88 Å². The normalized spacial score (nSPS) is 15.4. The van der Waals surface area contributed by atoms with E-state index in [0.29, 0.717) is 35.2 Å². The Bertz CT molecular complexity index is 1150. The molecule has 2 aliphatic rings. The number of nitrogens with one attached hydrogen (secondary N) is 2. The monoisotopic (exact) mass is 434 g/mol. The highest BCUT2D eigenvalue weighted by atomic mass is 19.1. The first kappa shape index (κ1) is 20.2. The van der Waals surface area contributed by atoms with E-state index >= 15 is 0 Å². The molecule has 2 aliphatic heterocycles. The molecule has 0 atom stereocenters. The van der Waals surface area contributed by atoms with Crippen LogP contribution in [0.2, 0.25) is 0 Å². The van der Waals surface area contributed by atoms with Crippen LogP contribution in [0, 0.1) is 0 Å². The zero-order chi connectivity index (χ0) is 21.9. The van der Waals surface area contributed by atoms with Gasteiger partial charge >= 0.3 is 0 Å². The van der Waals surface area contributed by atoms with Gasteiger partial charge in [-0.15, -0.1) is 0 Å². The number of morpholine rings is 1. The van der Waals surface area contributed by atoms with Gasteiger partial charge in [0.2, 0.25) is 5.88 Å².